The van der Waals surface area contributed by atoms with Gasteiger partial charge in [0.1, 0.15) is 18.9 Å². The number of fused-ring (bicyclic) bond motifs is 1. The van der Waals surface area contributed by atoms with Crippen LogP contribution in [0.5, 0.6) is 5.75 Å². The van der Waals surface area contributed by atoms with Crippen LogP contribution in [-0.2, 0) is 11.2 Å². The van der Waals surface area contributed by atoms with Gasteiger partial charge in [0.05, 0.1) is 6.04 Å². The van der Waals surface area contributed by atoms with Gasteiger partial charge in [0.25, 0.3) is 0 Å². The quantitative estimate of drug-likeness (QED) is 0.628. The number of amides is 3. The molecule has 0 aliphatic carbocycles. The zero-order valence-corrected chi connectivity index (χ0v) is 19.3. The third kappa shape index (κ3) is 5.47. The van der Waals surface area contributed by atoms with Crippen LogP contribution >= 0.6 is 11.3 Å². The van der Waals surface area contributed by atoms with Crippen LogP contribution < -0.4 is 10.1 Å². The summed E-state index contributed by atoms with van der Waals surface area (Å²) in [5, 5.41) is 4.84. The summed E-state index contributed by atoms with van der Waals surface area (Å²) in [7, 11) is 0. The van der Waals surface area contributed by atoms with Gasteiger partial charge in [0, 0.05) is 24.5 Å². The lowest BCUT2D eigenvalue weighted by Crippen LogP contribution is -2.49. The van der Waals surface area contributed by atoms with Gasteiger partial charge in [-0.2, -0.15) is 0 Å². The number of thiophene rings is 1. The Morgan fingerprint density at radius 1 is 1.35 bits per heavy atom. The molecule has 1 aromatic heterocycles. The van der Waals surface area contributed by atoms with Gasteiger partial charge < -0.3 is 19.9 Å². The summed E-state index contributed by atoms with van der Waals surface area (Å²) in [5.74, 6) is 0.746. The summed E-state index contributed by atoms with van der Waals surface area (Å²) in [6.45, 7) is 11.5. The molecule has 0 bridgehead atoms. The molecule has 2 aromatic rings. The summed E-state index contributed by atoms with van der Waals surface area (Å²) < 4.78 is 6.18. The first kappa shape index (κ1) is 22.9. The van der Waals surface area contributed by atoms with E-state index in [1.54, 1.807) is 17.4 Å². The molecule has 1 aliphatic heterocycles. The van der Waals surface area contributed by atoms with Gasteiger partial charge in [-0.1, -0.05) is 23.8 Å². The zero-order chi connectivity index (χ0) is 22.4. The van der Waals surface area contributed by atoms with Crippen LogP contribution in [0.15, 0.2) is 42.3 Å². The average molecular weight is 442 g/mol. The molecule has 0 fully saturated rings. The minimum Gasteiger partial charge on any atom is -0.491 e. The Bertz CT molecular complexity index is 940. The monoisotopic (exact) mass is 441 g/mol. The number of carbonyl (C=O) groups excluding carboxylic acids is 2. The van der Waals surface area contributed by atoms with Gasteiger partial charge in [0.15, 0.2) is 0 Å². The number of rotatable bonds is 8. The Hall–Kier alpha value is -2.80. The first-order valence-corrected chi connectivity index (χ1v) is 11.5. The molecule has 1 aliphatic rings. The molecule has 1 aromatic carbocycles. The van der Waals surface area contributed by atoms with E-state index in [1.807, 2.05) is 30.9 Å². The van der Waals surface area contributed by atoms with Gasteiger partial charge in [-0.25, -0.2) is 4.79 Å². The maximum absolute atomic E-state index is 13.3. The van der Waals surface area contributed by atoms with Crippen molar-refractivity contribution >= 4 is 23.3 Å². The lowest BCUT2D eigenvalue weighted by Gasteiger charge is -2.37. The van der Waals surface area contributed by atoms with Crippen molar-refractivity contribution in [1.82, 2.24) is 15.1 Å². The third-order valence-corrected chi connectivity index (χ3v) is 6.43. The van der Waals surface area contributed by atoms with Crippen molar-refractivity contribution in [1.29, 1.82) is 0 Å². The van der Waals surface area contributed by atoms with Crippen LogP contribution in [0.4, 0.5) is 4.79 Å². The van der Waals surface area contributed by atoms with E-state index in [0.29, 0.717) is 26.2 Å². The number of hydrogen-bond acceptors (Lipinski definition) is 4. The Balaban J connectivity index is 1.78. The average Bonchev–Trinajstić information content (AvgIpc) is 3.22. The van der Waals surface area contributed by atoms with E-state index in [1.165, 1.54) is 15.3 Å². The van der Waals surface area contributed by atoms with E-state index in [9.17, 15) is 9.59 Å². The number of nitrogens with zero attached hydrogens (tertiary/aromatic N) is 2. The maximum atomic E-state index is 13.3. The standard InChI is InChI=1S/C24H31N3O3S/c1-5-11-26(24(29)25-6-2)15-23(28)27-12-9-22-19(10-13-31-22)20(27)16-30-21-8-7-17(3)14-18(21)4/h5,7-8,10,13-14,20H,1,6,9,11-12,15-16H2,2-4H3,(H,25,29)/t20-/m1/s1. The lowest BCUT2D eigenvalue weighted by atomic mass is 10.0. The first-order chi connectivity index (χ1) is 14.9. The highest BCUT2D eigenvalue weighted by atomic mass is 32.1. The number of carbonyl (C=O) groups is 2. The largest absolute Gasteiger partial charge is 0.491 e. The summed E-state index contributed by atoms with van der Waals surface area (Å²) in [4.78, 5) is 30.3. The molecule has 0 saturated carbocycles. The smallest absolute Gasteiger partial charge is 0.318 e. The molecule has 0 radical (unpaired) electrons. The molecule has 0 unspecified atom stereocenters. The predicted molar refractivity (Wildman–Crippen MR) is 125 cm³/mol. The molecule has 0 saturated heterocycles. The lowest BCUT2D eigenvalue weighted by molar-refractivity contribution is -0.135. The highest BCUT2D eigenvalue weighted by Gasteiger charge is 2.33. The van der Waals surface area contributed by atoms with E-state index in [0.717, 1.165) is 23.3 Å². The highest BCUT2D eigenvalue weighted by Crippen LogP contribution is 2.34. The first-order valence-electron chi connectivity index (χ1n) is 10.6. The molecule has 3 amide bonds. The van der Waals surface area contributed by atoms with Crippen LogP contribution in [0.25, 0.3) is 0 Å². The molecule has 1 atom stereocenters. The number of nitrogens with one attached hydrogen (secondary N) is 1. The number of hydrogen-bond donors (Lipinski definition) is 1. The molecule has 2 heterocycles. The SMILES string of the molecule is C=CCN(CC(=O)N1CCc2sccc2[C@H]1COc1ccc(C)cc1C)C(=O)NCC. The van der Waals surface area contributed by atoms with Crippen molar-refractivity contribution in [3.8, 4) is 5.75 Å². The number of urea groups is 1. The highest BCUT2D eigenvalue weighted by molar-refractivity contribution is 7.10. The van der Waals surface area contributed by atoms with Crippen LogP contribution in [0.2, 0.25) is 0 Å². The number of benzene rings is 1. The summed E-state index contributed by atoms with van der Waals surface area (Å²) in [5.41, 5.74) is 3.40. The van der Waals surface area contributed by atoms with E-state index < -0.39 is 0 Å². The van der Waals surface area contributed by atoms with Crippen molar-refractivity contribution < 1.29 is 14.3 Å². The van der Waals surface area contributed by atoms with Crippen LogP contribution in [-0.4, -0.2) is 54.5 Å². The van der Waals surface area contributed by atoms with Crippen molar-refractivity contribution in [2.24, 2.45) is 0 Å². The second-order valence-corrected chi connectivity index (χ2v) is 8.74. The Kier molecular flexibility index (Phi) is 7.74. The van der Waals surface area contributed by atoms with Crippen LogP contribution in [0, 0.1) is 13.8 Å². The van der Waals surface area contributed by atoms with Crippen LogP contribution in [0.3, 0.4) is 0 Å². The molecular weight excluding hydrogens is 410 g/mol. The minimum atomic E-state index is -0.257. The minimum absolute atomic E-state index is 0.0113. The Labute approximate surface area is 188 Å². The number of ether oxygens (including phenoxy) is 1. The van der Waals surface area contributed by atoms with Gasteiger partial charge in [0.2, 0.25) is 5.91 Å². The fourth-order valence-corrected chi connectivity index (χ4v) is 4.83. The van der Waals surface area contributed by atoms with E-state index in [4.69, 9.17) is 4.74 Å². The Morgan fingerprint density at radius 3 is 2.87 bits per heavy atom. The van der Waals surface area contributed by atoms with Crippen molar-refractivity contribution in [3.05, 3.63) is 63.9 Å². The van der Waals surface area contributed by atoms with Crippen molar-refractivity contribution in [2.45, 2.75) is 33.2 Å². The summed E-state index contributed by atoms with van der Waals surface area (Å²) in [6, 6.07) is 7.75. The summed E-state index contributed by atoms with van der Waals surface area (Å²) >= 11 is 1.72. The van der Waals surface area contributed by atoms with E-state index in [2.05, 4.69) is 36.3 Å². The topological polar surface area (TPSA) is 61.9 Å². The maximum Gasteiger partial charge on any atom is 0.318 e. The molecule has 3 rings (SSSR count). The van der Waals surface area contributed by atoms with Gasteiger partial charge in [-0.3, -0.25) is 4.79 Å². The van der Waals surface area contributed by atoms with Crippen LogP contribution in [0.1, 0.15) is 34.5 Å². The third-order valence-electron chi connectivity index (χ3n) is 5.43. The van der Waals surface area contributed by atoms with Crippen molar-refractivity contribution in [2.75, 3.05) is 32.8 Å². The van der Waals surface area contributed by atoms with Crippen molar-refractivity contribution in [3.63, 3.8) is 0 Å². The van der Waals surface area contributed by atoms with Gasteiger partial charge >= 0.3 is 6.03 Å². The second kappa shape index (κ2) is 10.5. The molecular formula is C24H31N3O3S. The molecule has 7 heteroatoms. The fourth-order valence-electron chi connectivity index (χ4n) is 3.90. The zero-order valence-electron chi connectivity index (χ0n) is 18.5. The van der Waals surface area contributed by atoms with E-state index in [-0.39, 0.29) is 24.5 Å². The molecule has 166 valence electrons. The molecule has 6 nitrogen and oxygen atoms in total. The van der Waals surface area contributed by atoms with E-state index >= 15 is 0 Å². The summed E-state index contributed by atoms with van der Waals surface area (Å²) in [6.07, 6.45) is 2.46. The molecule has 31 heavy (non-hydrogen) atoms. The predicted octanol–water partition coefficient (Wildman–Crippen LogP) is 4.09. The fraction of sp³-hybridized carbons (Fsp3) is 0.417. The number of aryl methyl sites for hydroxylation is 2. The second-order valence-electron chi connectivity index (χ2n) is 7.74. The van der Waals surface area contributed by atoms with Gasteiger partial charge in [-0.05, 0) is 55.8 Å². The molecule has 0 spiro atoms. The van der Waals surface area contributed by atoms with Gasteiger partial charge in [-0.15, -0.1) is 17.9 Å². The normalized spacial score (nSPS) is 15.2. The molecule has 1 N–H and O–H groups in total. The Morgan fingerprint density at radius 2 is 2.16 bits per heavy atom.